The number of nitriles is 1. The summed E-state index contributed by atoms with van der Waals surface area (Å²) in [6.45, 7) is 3.54. The van der Waals surface area contributed by atoms with Crippen LogP contribution in [0, 0.1) is 23.7 Å². The third kappa shape index (κ3) is 2.95. The molecule has 1 aromatic carbocycles. The molecule has 21 heavy (non-hydrogen) atoms. The maximum atomic E-state index is 12.6. The lowest BCUT2D eigenvalue weighted by molar-refractivity contribution is 0.127. The number of nitrogens with zero attached hydrogens (tertiary/aromatic N) is 1. The first-order valence-electron chi connectivity index (χ1n) is 6.97. The van der Waals surface area contributed by atoms with Crippen LogP contribution in [0.4, 0.5) is 0 Å². The lowest BCUT2D eigenvalue weighted by Crippen LogP contribution is -2.44. The van der Waals surface area contributed by atoms with Crippen LogP contribution in [-0.4, -0.2) is 26.2 Å². The maximum Gasteiger partial charge on any atom is 0.242 e. The molecular weight excluding hydrogens is 288 g/mol. The molecule has 1 fully saturated rings. The number of nitrogens with one attached hydrogen (secondary N) is 1. The molecule has 0 amide bonds. The fourth-order valence-corrected chi connectivity index (χ4v) is 4.52. The molecule has 0 saturated heterocycles. The Balaban J connectivity index is 2.37. The number of sulfonamides is 1. The van der Waals surface area contributed by atoms with Gasteiger partial charge in [-0.2, -0.15) is 5.26 Å². The molecule has 2 N–H and O–H groups in total. The molecule has 0 aliphatic heterocycles. The molecule has 114 valence electrons. The van der Waals surface area contributed by atoms with Gasteiger partial charge < -0.3 is 5.11 Å². The Morgan fingerprint density at radius 2 is 2.24 bits per heavy atom. The highest BCUT2D eigenvalue weighted by atomic mass is 32.2. The van der Waals surface area contributed by atoms with E-state index in [2.05, 4.69) is 4.72 Å². The maximum absolute atomic E-state index is 12.6. The van der Waals surface area contributed by atoms with Gasteiger partial charge in [-0.15, -0.1) is 0 Å². The molecule has 1 aliphatic rings. The second kappa shape index (κ2) is 5.76. The standard InChI is InChI=1S/C15H20N2O3S/c1-11-5-3-6-13(12(11)9-16)21(19,20)17-14-7-4-8-15(14,2)10-18/h3,5-6,14,17-18H,4,7-8,10H2,1-2H3. The molecule has 1 aromatic rings. The Morgan fingerprint density at radius 3 is 2.86 bits per heavy atom. The average Bonchev–Trinajstić information content (AvgIpc) is 2.80. The topological polar surface area (TPSA) is 90.2 Å². The minimum atomic E-state index is -3.77. The zero-order chi connectivity index (χ0) is 15.7. The highest BCUT2D eigenvalue weighted by Crippen LogP contribution is 2.38. The van der Waals surface area contributed by atoms with Crippen LogP contribution in [0.1, 0.15) is 37.3 Å². The van der Waals surface area contributed by atoms with Crippen LogP contribution in [0.15, 0.2) is 23.1 Å². The molecule has 0 spiro atoms. The molecule has 5 nitrogen and oxygen atoms in total. The molecular formula is C15H20N2O3S. The van der Waals surface area contributed by atoms with Gasteiger partial charge in [-0.25, -0.2) is 13.1 Å². The van der Waals surface area contributed by atoms with Crippen LogP contribution in [-0.2, 0) is 10.0 Å². The monoisotopic (exact) mass is 308 g/mol. The van der Waals surface area contributed by atoms with Gasteiger partial charge in [-0.1, -0.05) is 25.5 Å². The third-order valence-corrected chi connectivity index (χ3v) is 5.89. The minimum absolute atomic E-state index is 0.0113. The van der Waals surface area contributed by atoms with Crippen molar-refractivity contribution in [2.75, 3.05) is 6.61 Å². The van der Waals surface area contributed by atoms with Crippen molar-refractivity contribution in [3.63, 3.8) is 0 Å². The molecule has 2 unspecified atom stereocenters. The summed E-state index contributed by atoms with van der Waals surface area (Å²) in [7, 11) is -3.77. The van der Waals surface area contributed by atoms with Gasteiger partial charge in [-0.05, 0) is 31.4 Å². The highest BCUT2D eigenvalue weighted by molar-refractivity contribution is 7.89. The molecule has 0 bridgehead atoms. The number of hydrogen-bond donors (Lipinski definition) is 2. The van der Waals surface area contributed by atoms with Gasteiger partial charge in [0, 0.05) is 18.1 Å². The summed E-state index contributed by atoms with van der Waals surface area (Å²) < 4.78 is 27.8. The number of aliphatic hydroxyl groups is 1. The van der Waals surface area contributed by atoms with E-state index in [1.807, 2.05) is 13.0 Å². The van der Waals surface area contributed by atoms with Crippen molar-refractivity contribution in [2.24, 2.45) is 5.41 Å². The Labute approximate surface area is 125 Å². The van der Waals surface area contributed by atoms with Crippen molar-refractivity contribution in [2.45, 2.75) is 44.0 Å². The summed E-state index contributed by atoms with van der Waals surface area (Å²) in [5, 5.41) is 18.7. The normalized spacial score (nSPS) is 25.7. The molecule has 2 atom stereocenters. The Hall–Kier alpha value is -1.42. The lowest BCUT2D eigenvalue weighted by atomic mass is 9.86. The van der Waals surface area contributed by atoms with E-state index in [0.717, 1.165) is 12.8 Å². The number of aryl methyl sites for hydroxylation is 1. The van der Waals surface area contributed by atoms with Crippen LogP contribution in [0.2, 0.25) is 0 Å². The van der Waals surface area contributed by atoms with Crippen molar-refractivity contribution in [3.8, 4) is 6.07 Å². The molecule has 0 radical (unpaired) electrons. The Kier molecular flexibility index (Phi) is 4.38. The zero-order valence-corrected chi connectivity index (χ0v) is 13.1. The van der Waals surface area contributed by atoms with Gasteiger partial charge in [0.1, 0.15) is 11.0 Å². The first kappa shape index (κ1) is 16.0. The summed E-state index contributed by atoms with van der Waals surface area (Å²) in [6.07, 6.45) is 2.36. The van der Waals surface area contributed by atoms with E-state index in [4.69, 9.17) is 0 Å². The van der Waals surface area contributed by atoms with Gasteiger partial charge >= 0.3 is 0 Å². The molecule has 1 aliphatic carbocycles. The Morgan fingerprint density at radius 1 is 1.52 bits per heavy atom. The predicted molar refractivity (Wildman–Crippen MR) is 79.0 cm³/mol. The lowest BCUT2D eigenvalue weighted by Gasteiger charge is -2.30. The predicted octanol–water partition coefficient (Wildman–Crippen LogP) is 1.70. The van der Waals surface area contributed by atoms with E-state index >= 15 is 0 Å². The van der Waals surface area contributed by atoms with Crippen LogP contribution < -0.4 is 4.72 Å². The molecule has 0 aromatic heterocycles. The molecule has 1 saturated carbocycles. The molecule has 2 rings (SSSR count). The average molecular weight is 308 g/mol. The third-order valence-electron chi connectivity index (χ3n) is 4.38. The second-order valence-corrected chi connectivity index (χ2v) is 7.62. The number of hydrogen-bond acceptors (Lipinski definition) is 4. The summed E-state index contributed by atoms with van der Waals surface area (Å²) in [4.78, 5) is 0.0113. The first-order valence-corrected chi connectivity index (χ1v) is 8.45. The van der Waals surface area contributed by atoms with Crippen LogP contribution in [0.5, 0.6) is 0 Å². The Bertz CT molecular complexity index is 679. The fourth-order valence-electron chi connectivity index (χ4n) is 2.88. The second-order valence-electron chi connectivity index (χ2n) is 5.94. The first-order chi connectivity index (χ1) is 9.84. The number of aliphatic hydroxyl groups excluding tert-OH is 1. The summed E-state index contributed by atoms with van der Waals surface area (Å²) in [5.41, 5.74) is 0.370. The smallest absolute Gasteiger partial charge is 0.242 e. The highest BCUT2D eigenvalue weighted by Gasteiger charge is 2.40. The summed E-state index contributed by atoms with van der Waals surface area (Å²) in [6, 6.07) is 6.44. The van der Waals surface area contributed by atoms with Crippen LogP contribution in [0.25, 0.3) is 0 Å². The number of rotatable bonds is 4. The quantitative estimate of drug-likeness (QED) is 0.885. The minimum Gasteiger partial charge on any atom is -0.396 e. The van der Waals surface area contributed by atoms with E-state index in [1.54, 1.807) is 19.1 Å². The van der Waals surface area contributed by atoms with Crippen molar-refractivity contribution < 1.29 is 13.5 Å². The van der Waals surface area contributed by atoms with E-state index in [1.165, 1.54) is 6.07 Å². The number of benzene rings is 1. The zero-order valence-electron chi connectivity index (χ0n) is 12.3. The van der Waals surface area contributed by atoms with Gasteiger partial charge in [0.25, 0.3) is 0 Å². The van der Waals surface area contributed by atoms with Crippen molar-refractivity contribution in [1.82, 2.24) is 4.72 Å². The van der Waals surface area contributed by atoms with E-state index in [9.17, 15) is 18.8 Å². The van der Waals surface area contributed by atoms with Gasteiger partial charge in [-0.3, -0.25) is 0 Å². The van der Waals surface area contributed by atoms with E-state index in [-0.39, 0.29) is 23.1 Å². The van der Waals surface area contributed by atoms with Gasteiger partial charge in [0.05, 0.1) is 5.56 Å². The van der Waals surface area contributed by atoms with Crippen LogP contribution in [0.3, 0.4) is 0 Å². The summed E-state index contributed by atoms with van der Waals surface area (Å²) in [5.74, 6) is 0. The van der Waals surface area contributed by atoms with E-state index in [0.29, 0.717) is 12.0 Å². The van der Waals surface area contributed by atoms with E-state index < -0.39 is 15.4 Å². The van der Waals surface area contributed by atoms with Gasteiger partial charge in [0.2, 0.25) is 10.0 Å². The fraction of sp³-hybridized carbons (Fsp3) is 0.533. The molecule has 6 heteroatoms. The van der Waals surface area contributed by atoms with Crippen molar-refractivity contribution >= 4 is 10.0 Å². The van der Waals surface area contributed by atoms with Crippen molar-refractivity contribution in [3.05, 3.63) is 29.3 Å². The van der Waals surface area contributed by atoms with Crippen LogP contribution >= 0.6 is 0 Å². The van der Waals surface area contributed by atoms with Gasteiger partial charge in [0.15, 0.2) is 0 Å². The molecule has 0 heterocycles. The SMILES string of the molecule is Cc1cccc(S(=O)(=O)NC2CCCC2(C)CO)c1C#N. The summed E-state index contributed by atoms with van der Waals surface area (Å²) >= 11 is 0. The van der Waals surface area contributed by atoms with Crippen molar-refractivity contribution in [1.29, 1.82) is 5.26 Å². The largest absolute Gasteiger partial charge is 0.396 e.